The van der Waals surface area contributed by atoms with Crippen molar-refractivity contribution >= 4 is 44.1 Å². The summed E-state index contributed by atoms with van der Waals surface area (Å²) in [6.07, 6.45) is 5.76. The van der Waals surface area contributed by atoms with Crippen molar-refractivity contribution in [2.45, 2.75) is 32.2 Å². The highest BCUT2D eigenvalue weighted by atomic mass is 32.1. The molecule has 0 aromatic carbocycles. The second-order valence-corrected chi connectivity index (χ2v) is 8.56. The Balaban J connectivity index is 1.43. The second kappa shape index (κ2) is 8.18. The number of nitrogens with zero attached hydrogens (tertiary/aromatic N) is 4. The third kappa shape index (κ3) is 4.19. The Morgan fingerprint density at radius 3 is 2.89 bits per heavy atom. The molecule has 7 nitrogen and oxygen atoms in total. The van der Waals surface area contributed by atoms with Crippen molar-refractivity contribution in [3.05, 3.63) is 39.1 Å². The van der Waals surface area contributed by atoms with Gasteiger partial charge in [-0.1, -0.05) is 17.4 Å². The normalized spacial score (nSPS) is 14.6. The Bertz CT molecular complexity index is 973. The minimum atomic E-state index is -0.200. The first-order chi connectivity index (χ1) is 13.2. The van der Waals surface area contributed by atoms with Crippen molar-refractivity contribution in [3.8, 4) is 0 Å². The zero-order valence-corrected chi connectivity index (χ0v) is 16.5. The van der Waals surface area contributed by atoms with E-state index >= 15 is 0 Å². The first-order valence-electron chi connectivity index (χ1n) is 9.11. The summed E-state index contributed by atoms with van der Waals surface area (Å²) in [5, 5.41) is 5.73. The summed E-state index contributed by atoms with van der Waals surface area (Å²) in [7, 11) is 0. The van der Waals surface area contributed by atoms with E-state index in [0.29, 0.717) is 16.9 Å². The van der Waals surface area contributed by atoms with Crippen LogP contribution in [0, 0.1) is 0 Å². The van der Waals surface area contributed by atoms with Crippen LogP contribution in [0.1, 0.15) is 24.1 Å². The summed E-state index contributed by atoms with van der Waals surface area (Å²) in [5.74, 6) is -0.185. The molecule has 9 heteroatoms. The highest BCUT2D eigenvalue weighted by Gasteiger charge is 2.18. The number of piperidine rings is 1. The van der Waals surface area contributed by atoms with Crippen molar-refractivity contribution in [1.29, 1.82) is 0 Å². The van der Waals surface area contributed by atoms with Crippen LogP contribution in [0.3, 0.4) is 0 Å². The van der Waals surface area contributed by atoms with Gasteiger partial charge in [0.05, 0.1) is 0 Å². The largest absolute Gasteiger partial charge is 0.354 e. The van der Waals surface area contributed by atoms with Crippen LogP contribution in [-0.4, -0.2) is 40.1 Å². The molecule has 0 atom stereocenters. The van der Waals surface area contributed by atoms with E-state index in [4.69, 9.17) is 0 Å². The lowest BCUT2D eigenvalue weighted by Gasteiger charge is -2.25. The van der Waals surface area contributed by atoms with E-state index in [1.807, 2.05) is 17.5 Å². The number of thiophene rings is 1. The molecule has 1 amide bonds. The van der Waals surface area contributed by atoms with Crippen LogP contribution in [0.2, 0.25) is 0 Å². The fourth-order valence-corrected chi connectivity index (χ4v) is 4.89. The summed E-state index contributed by atoms with van der Waals surface area (Å²) in [6, 6.07) is 4.04. The average molecular weight is 404 g/mol. The molecule has 142 valence electrons. The summed E-state index contributed by atoms with van der Waals surface area (Å²) in [4.78, 5) is 37.1. The van der Waals surface area contributed by atoms with Crippen molar-refractivity contribution in [1.82, 2.24) is 19.9 Å². The fourth-order valence-electron chi connectivity index (χ4n) is 3.16. The lowest BCUT2D eigenvalue weighted by molar-refractivity contribution is -0.121. The van der Waals surface area contributed by atoms with Crippen LogP contribution < -0.4 is 15.8 Å². The number of amides is 1. The highest BCUT2D eigenvalue weighted by molar-refractivity contribution is 7.22. The Kier molecular flexibility index (Phi) is 5.49. The number of nitrogens with one attached hydrogen (secondary N) is 1. The average Bonchev–Trinajstić information content (AvgIpc) is 3.35. The van der Waals surface area contributed by atoms with Crippen LogP contribution in [0.15, 0.2) is 28.6 Å². The maximum atomic E-state index is 12.7. The van der Waals surface area contributed by atoms with E-state index < -0.39 is 0 Å². The summed E-state index contributed by atoms with van der Waals surface area (Å²) in [6.45, 7) is 2.48. The number of carbonyl (C=O) groups excluding carboxylic acids is 1. The van der Waals surface area contributed by atoms with E-state index in [0.717, 1.165) is 37.5 Å². The van der Waals surface area contributed by atoms with Crippen LogP contribution >= 0.6 is 22.7 Å². The van der Waals surface area contributed by atoms with Crippen LogP contribution in [0.5, 0.6) is 0 Å². The molecule has 0 aliphatic carbocycles. The molecule has 0 unspecified atom stereocenters. The number of anilines is 1. The first-order valence-corrected chi connectivity index (χ1v) is 10.8. The summed E-state index contributed by atoms with van der Waals surface area (Å²) < 4.78 is 1.88. The molecule has 0 radical (unpaired) electrons. The van der Waals surface area contributed by atoms with E-state index in [1.165, 1.54) is 33.5 Å². The van der Waals surface area contributed by atoms with Crippen molar-refractivity contribution in [2.75, 3.05) is 24.5 Å². The minimum absolute atomic E-state index is 0.0246. The standard InChI is InChI=1S/C18H21N5O2S2/c24-14(19-7-6-13-5-4-10-26-13)11-23-12-20-16-15(17(23)25)27-18(21-16)22-8-2-1-3-9-22/h4-5,10,12H,1-3,6-9,11H2,(H,19,24). The molecule has 3 aromatic heterocycles. The second-order valence-electron chi connectivity index (χ2n) is 6.55. The van der Waals surface area contributed by atoms with Gasteiger partial charge in [-0.3, -0.25) is 14.2 Å². The number of carbonyl (C=O) groups is 1. The maximum absolute atomic E-state index is 12.7. The molecule has 1 aliphatic heterocycles. The number of hydrogen-bond donors (Lipinski definition) is 1. The number of aromatic nitrogens is 3. The van der Waals surface area contributed by atoms with Gasteiger partial charge in [0, 0.05) is 24.5 Å². The first kappa shape index (κ1) is 18.1. The van der Waals surface area contributed by atoms with Gasteiger partial charge in [0.1, 0.15) is 17.6 Å². The quantitative estimate of drug-likeness (QED) is 0.683. The topological polar surface area (TPSA) is 80.1 Å². The summed E-state index contributed by atoms with van der Waals surface area (Å²) in [5.41, 5.74) is 0.272. The van der Waals surface area contributed by atoms with Crippen molar-refractivity contribution in [2.24, 2.45) is 0 Å². The molecule has 1 N–H and O–H groups in total. The molecular weight excluding hydrogens is 382 g/mol. The van der Waals surface area contributed by atoms with Gasteiger partial charge in [-0.15, -0.1) is 11.3 Å². The fraction of sp³-hybridized carbons (Fsp3) is 0.444. The predicted molar refractivity (Wildman–Crippen MR) is 109 cm³/mol. The number of hydrogen-bond acceptors (Lipinski definition) is 7. The van der Waals surface area contributed by atoms with Gasteiger partial charge in [-0.2, -0.15) is 4.98 Å². The third-order valence-electron chi connectivity index (χ3n) is 4.59. The molecular formula is C18H21N5O2S2. The highest BCUT2D eigenvalue weighted by Crippen LogP contribution is 2.27. The smallest absolute Gasteiger partial charge is 0.273 e. The van der Waals surface area contributed by atoms with E-state index in [1.54, 1.807) is 11.3 Å². The van der Waals surface area contributed by atoms with Crippen molar-refractivity contribution < 1.29 is 4.79 Å². The number of thiazole rings is 1. The number of rotatable bonds is 6. The lowest BCUT2D eigenvalue weighted by Crippen LogP contribution is -2.33. The molecule has 0 saturated carbocycles. The van der Waals surface area contributed by atoms with Gasteiger partial charge in [0.25, 0.3) is 5.56 Å². The van der Waals surface area contributed by atoms with Gasteiger partial charge in [0.15, 0.2) is 10.8 Å². The Morgan fingerprint density at radius 1 is 1.26 bits per heavy atom. The van der Waals surface area contributed by atoms with Crippen LogP contribution in [0.4, 0.5) is 5.13 Å². The predicted octanol–water partition coefficient (Wildman–Crippen LogP) is 2.26. The van der Waals surface area contributed by atoms with Crippen LogP contribution in [-0.2, 0) is 17.8 Å². The van der Waals surface area contributed by atoms with Gasteiger partial charge in [-0.05, 0) is 37.1 Å². The molecule has 27 heavy (non-hydrogen) atoms. The Morgan fingerprint density at radius 2 is 2.11 bits per heavy atom. The monoisotopic (exact) mass is 403 g/mol. The molecule has 1 aliphatic rings. The molecule has 1 saturated heterocycles. The molecule has 0 spiro atoms. The van der Waals surface area contributed by atoms with Crippen LogP contribution in [0.25, 0.3) is 10.3 Å². The third-order valence-corrected chi connectivity index (χ3v) is 6.62. The number of fused-ring (bicyclic) bond motifs is 1. The van der Waals surface area contributed by atoms with E-state index in [-0.39, 0.29) is 18.0 Å². The SMILES string of the molecule is O=C(Cn1cnc2nc(N3CCCCC3)sc2c1=O)NCCc1cccs1. The Labute approximate surface area is 164 Å². The zero-order chi connectivity index (χ0) is 18.6. The zero-order valence-electron chi connectivity index (χ0n) is 14.9. The Hall–Kier alpha value is -2.26. The minimum Gasteiger partial charge on any atom is -0.354 e. The van der Waals surface area contributed by atoms with Gasteiger partial charge >= 0.3 is 0 Å². The van der Waals surface area contributed by atoms with E-state index in [9.17, 15) is 9.59 Å². The molecule has 4 rings (SSSR count). The molecule has 4 heterocycles. The van der Waals surface area contributed by atoms with Gasteiger partial charge < -0.3 is 10.2 Å². The van der Waals surface area contributed by atoms with Crippen molar-refractivity contribution in [3.63, 3.8) is 0 Å². The lowest BCUT2D eigenvalue weighted by atomic mass is 10.1. The molecule has 3 aromatic rings. The van der Waals surface area contributed by atoms with Gasteiger partial charge in [0.2, 0.25) is 5.91 Å². The molecule has 0 bridgehead atoms. The maximum Gasteiger partial charge on any atom is 0.273 e. The van der Waals surface area contributed by atoms with Gasteiger partial charge in [-0.25, -0.2) is 4.98 Å². The van der Waals surface area contributed by atoms with E-state index in [2.05, 4.69) is 20.2 Å². The summed E-state index contributed by atoms with van der Waals surface area (Å²) >= 11 is 3.05. The molecule has 1 fully saturated rings.